The molecule has 1 saturated heterocycles. The van der Waals surface area contributed by atoms with Gasteiger partial charge >= 0.3 is 0 Å². The Balaban J connectivity index is 1.59. The molecule has 0 unspecified atom stereocenters. The van der Waals surface area contributed by atoms with Crippen molar-refractivity contribution in [3.8, 4) is 5.75 Å². The van der Waals surface area contributed by atoms with Crippen molar-refractivity contribution in [1.29, 1.82) is 0 Å². The average Bonchev–Trinajstić information content (AvgIpc) is 2.68. The molecule has 6 nitrogen and oxygen atoms in total. The Bertz CT molecular complexity index is 743. The number of aryl methyl sites for hydroxylation is 1. The van der Waals surface area contributed by atoms with E-state index >= 15 is 0 Å². The van der Waals surface area contributed by atoms with Crippen molar-refractivity contribution in [2.75, 3.05) is 43.5 Å². The van der Waals surface area contributed by atoms with E-state index in [0.717, 1.165) is 43.2 Å². The molecule has 3 rings (SSSR count). The highest BCUT2D eigenvalue weighted by atomic mass is 16.5. The smallest absolute Gasteiger partial charge is 0.282 e. The molecule has 1 aliphatic heterocycles. The Kier molecular flexibility index (Phi) is 5.73. The third-order valence-electron chi connectivity index (χ3n) is 5.06. The number of H-pyrrole nitrogens is 1. The largest absolute Gasteiger partial charge is 0.495 e. The van der Waals surface area contributed by atoms with Crippen molar-refractivity contribution < 1.29 is 19.4 Å². The molecule has 2 heterocycles. The van der Waals surface area contributed by atoms with Crippen molar-refractivity contribution in [2.45, 2.75) is 19.9 Å². The summed E-state index contributed by atoms with van der Waals surface area (Å²) in [5, 5.41) is 3.04. The van der Waals surface area contributed by atoms with Crippen molar-refractivity contribution >= 4 is 17.4 Å². The van der Waals surface area contributed by atoms with Crippen molar-refractivity contribution in [2.24, 2.45) is 0 Å². The Labute approximate surface area is 154 Å². The fourth-order valence-electron chi connectivity index (χ4n) is 3.39. The van der Waals surface area contributed by atoms with E-state index in [1.54, 1.807) is 7.11 Å². The second-order valence-corrected chi connectivity index (χ2v) is 6.81. The van der Waals surface area contributed by atoms with Crippen molar-refractivity contribution in [3.63, 3.8) is 0 Å². The van der Waals surface area contributed by atoms with E-state index in [1.807, 2.05) is 50.4 Å². The number of benzene rings is 1. The SMILES string of the molecule is COc1ccc(C)cc1NC(=O)[C@H](C)[NH+]1CCN(c2cccc[nH+]2)CC1. The molecular weight excluding hydrogens is 328 g/mol. The lowest BCUT2D eigenvalue weighted by molar-refractivity contribution is -0.914. The summed E-state index contributed by atoms with van der Waals surface area (Å²) >= 11 is 0. The Morgan fingerprint density at radius 3 is 2.69 bits per heavy atom. The Morgan fingerprint density at radius 2 is 2.04 bits per heavy atom. The summed E-state index contributed by atoms with van der Waals surface area (Å²) in [6, 6.07) is 11.8. The van der Waals surface area contributed by atoms with Gasteiger partial charge in [0.2, 0.25) is 0 Å². The number of hydrogen-bond donors (Lipinski definition) is 2. The summed E-state index contributed by atoms with van der Waals surface area (Å²) in [6.07, 6.45) is 1.94. The molecular formula is C20H28N4O2+2. The van der Waals surface area contributed by atoms with Gasteiger partial charge in [-0.15, -0.1) is 0 Å². The number of amides is 1. The zero-order chi connectivity index (χ0) is 18.5. The first-order valence-corrected chi connectivity index (χ1v) is 9.10. The molecule has 0 saturated carbocycles. The molecule has 0 spiro atoms. The van der Waals surface area contributed by atoms with E-state index in [1.165, 1.54) is 4.90 Å². The van der Waals surface area contributed by atoms with Crippen LogP contribution in [-0.4, -0.2) is 45.2 Å². The number of rotatable bonds is 5. The minimum absolute atomic E-state index is 0.0311. The summed E-state index contributed by atoms with van der Waals surface area (Å²) in [4.78, 5) is 19.7. The fraction of sp³-hybridized carbons (Fsp3) is 0.400. The molecule has 6 heteroatoms. The van der Waals surface area contributed by atoms with Crippen LogP contribution in [0.5, 0.6) is 5.75 Å². The monoisotopic (exact) mass is 356 g/mol. The third-order valence-corrected chi connectivity index (χ3v) is 5.06. The summed E-state index contributed by atoms with van der Waals surface area (Å²) in [5.41, 5.74) is 1.83. The standard InChI is InChI=1S/C20H26N4O2/c1-15-7-8-18(26-3)17(14-15)22-20(25)16(2)23-10-12-24(13-11-23)19-6-4-5-9-21-19/h4-9,14,16H,10-13H2,1-3H3,(H,22,25)/p+2/t16-/m0/s1. The van der Waals surface area contributed by atoms with Crippen molar-refractivity contribution in [1.82, 2.24) is 0 Å². The molecule has 1 fully saturated rings. The van der Waals surface area contributed by atoms with Crippen LogP contribution in [-0.2, 0) is 4.79 Å². The van der Waals surface area contributed by atoms with Crippen LogP contribution in [0.3, 0.4) is 0 Å². The molecule has 1 aromatic carbocycles. The normalized spacial score (nSPS) is 16.2. The summed E-state index contributed by atoms with van der Waals surface area (Å²) in [5.74, 6) is 1.85. The fourth-order valence-corrected chi connectivity index (χ4v) is 3.39. The minimum atomic E-state index is -0.109. The average molecular weight is 356 g/mol. The number of pyridine rings is 1. The van der Waals surface area contributed by atoms with Crippen LogP contribution in [0.25, 0.3) is 0 Å². The number of nitrogens with zero attached hydrogens (tertiary/aromatic N) is 1. The van der Waals surface area contributed by atoms with Gasteiger partial charge in [-0.1, -0.05) is 12.1 Å². The molecule has 1 amide bonds. The van der Waals surface area contributed by atoms with E-state index < -0.39 is 0 Å². The number of anilines is 2. The molecule has 0 radical (unpaired) electrons. The van der Waals surface area contributed by atoms with Gasteiger partial charge in [-0.3, -0.25) is 9.69 Å². The molecule has 26 heavy (non-hydrogen) atoms. The molecule has 2 aromatic rings. The first-order chi connectivity index (χ1) is 12.6. The maximum absolute atomic E-state index is 12.7. The van der Waals surface area contributed by atoms with Gasteiger partial charge in [0, 0.05) is 6.07 Å². The number of quaternary nitrogens is 1. The first kappa shape index (κ1) is 18.2. The number of carbonyl (C=O) groups is 1. The zero-order valence-electron chi connectivity index (χ0n) is 15.7. The molecule has 1 aromatic heterocycles. The maximum atomic E-state index is 12.7. The van der Waals surface area contributed by atoms with Crippen LogP contribution in [0.4, 0.5) is 11.5 Å². The molecule has 0 aliphatic carbocycles. The number of ether oxygens (including phenoxy) is 1. The van der Waals surface area contributed by atoms with E-state index in [2.05, 4.69) is 21.3 Å². The Morgan fingerprint density at radius 1 is 1.27 bits per heavy atom. The van der Waals surface area contributed by atoms with Crippen LogP contribution in [0.1, 0.15) is 12.5 Å². The second-order valence-electron chi connectivity index (χ2n) is 6.81. The summed E-state index contributed by atoms with van der Waals surface area (Å²) in [7, 11) is 1.62. The van der Waals surface area contributed by atoms with Crippen LogP contribution in [0, 0.1) is 6.92 Å². The number of aromatic amines is 1. The van der Waals surface area contributed by atoms with Gasteiger partial charge in [-0.2, -0.15) is 0 Å². The van der Waals surface area contributed by atoms with E-state index in [-0.39, 0.29) is 11.9 Å². The van der Waals surface area contributed by atoms with E-state index in [0.29, 0.717) is 5.75 Å². The lowest BCUT2D eigenvalue weighted by Crippen LogP contribution is -3.19. The van der Waals surface area contributed by atoms with Crippen LogP contribution in [0.2, 0.25) is 0 Å². The Hall–Kier alpha value is -2.60. The van der Waals surface area contributed by atoms with Crippen molar-refractivity contribution in [3.05, 3.63) is 48.2 Å². The van der Waals surface area contributed by atoms with Gasteiger partial charge in [0.1, 0.15) is 31.9 Å². The minimum Gasteiger partial charge on any atom is -0.495 e. The lowest BCUT2D eigenvalue weighted by Gasteiger charge is -2.31. The van der Waals surface area contributed by atoms with Gasteiger partial charge in [-0.25, -0.2) is 4.98 Å². The number of aromatic nitrogens is 1. The molecule has 1 atom stereocenters. The van der Waals surface area contributed by atoms with Crippen LogP contribution >= 0.6 is 0 Å². The zero-order valence-corrected chi connectivity index (χ0v) is 15.7. The van der Waals surface area contributed by atoms with Gasteiger partial charge in [0.05, 0.1) is 19.0 Å². The number of methoxy groups -OCH3 is 1. The van der Waals surface area contributed by atoms with E-state index in [4.69, 9.17) is 4.74 Å². The topological polar surface area (TPSA) is 60.1 Å². The van der Waals surface area contributed by atoms with Gasteiger partial charge in [0.25, 0.3) is 11.7 Å². The molecule has 3 N–H and O–H groups in total. The number of hydrogen-bond acceptors (Lipinski definition) is 3. The molecule has 1 aliphatic rings. The number of piperazine rings is 1. The third kappa shape index (κ3) is 4.14. The highest BCUT2D eigenvalue weighted by molar-refractivity contribution is 5.95. The highest BCUT2D eigenvalue weighted by Crippen LogP contribution is 2.25. The maximum Gasteiger partial charge on any atom is 0.282 e. The van der Waals surface area contributed by atoms with E-state index in [9.17, 15) is 4.79 Å². The van der Waals surface area contributed by atoms with Crippen LogP contribution in [0.15, 0.2) is 42.6 Å². The van der Waals surface area contributed by atoms with Crippen LogP contribution < -0.4 is 24.8 Å². The predicted molar refractivity (Wildman–Crippen MR) is 102 cm³/mol. The van der Waals surface area contributed by atoms with Gasteiger partial charge in [-0.05, 0) is 37.6 Å². The summed E-state index contributed by atoms with van der Waals surface area (Å²) in [6.45, 7) is 7.73. The van der Waals surface area contributed by atoms with Gasteiger partial charge < -0.3 is 15.0 Å². The second kappa shape index (κ2) is 8.19. The number of nitrogens with one attached hydrogen (secondary N) is 3. The predicted octanol–water partition coefficient (Wildman–Crippen LogP) is 0.550. The quantitative estimate of drug-likeness (QED) is 0.823. The first-order valence-electron chi connectivity index (χ1n) is 9.10. The lowest BCUT2D eigenvalue weighted by atomic mass is 10.1. The highest BCUT2D eigenvalue weighted by Gasteiger charge is 2.32. The number of carbonyl (C=O) groups excluding carboxylic acids is 1. The molecule has 138 valence electrons. The van der Waals surface area contributed by atoms with Gasteiger partial charge in [0.15, 0.2) is 6.04 Å². The molecule has 0 bridgehead atoms. The summed E-state index contributed by atoms with van der Waals surface area (Å²) < 4.78 is 5.36.